The number of rotatable bonds is 4. The van der Waals surface area contributed by atoms with Crippen LogP contribution in [0.25, 0.3) is 16.8 Å². The molecule has 2 aromatic carbocycles. The molecule has 0 atom stereocenters. The minimum absolute atomic E-state index is 0.0263. The van der Waals surface area contributed by atoms with Gasteiger partial charge >= 0.3 is 18.1 Å². The Morgan fingerprint density at radius 2 is 1.90 bits per heavy atom. The van der Waals surface area contributed by atoms with Gasteiger partial charge in [0.1, 0.15) is 11.3 Å². The van der Waals surface area contributed by atoms with Gasteiger partial charge in [-0.3, -0.25) is 0 Å². The smallest absolute Gasteiger partial charge is 0.433 e. The summed E-state index contributed by atoms with van der Waals surface area (Å²) in [5.41, 5.74) is 2.27. The second kappa shape index (κ2) is 7.74. The summed E-state index contributed by atoms with van der Waals surface area (Å²) < 4.78 is 57.4. The summed E-state index contributed by atoms with van der Waals surface area (Å²) >= 11 is 0. The molecule has 0 saturated heterocycles. The lowest BCUT2D eigenvalue weighted by molar-refractivity contribution is -0.156. The number of halogens is 4. The predicted octanol–water partition coefficient (Wildman–Crippen LogP) is 4.80. The average Bonchev–Trinajstić information content (AvgIpc) is 3.30. The predicted molar refractivity (Wildman–Crippen MR) is 103 cm³/mol. The minimum atomic E-state index is -4.69. The molecule has 0 bridgehead atoms. The van der Waals surface area contributed by atoms with Crippen molar-refractivity contribution >= 4 is 22.8 Å². The molecule has 0 unspecified atom stereocenters. The number of hydrogen-bond acceptors (Lipinski definition) is 4. The van der Waals surface area contributed by atoms with Gasteiger partial charge in [0.05, 0.1) is 11.4 Å². The fraction of sp³-hybridized carbons (Fsp3) is 0.150. The second-order valence-electron chi connectivity index (χ2n) is 6.67. The Bertz CT molecular complexity index is 1240. The standard InChI is InChI=1S/C20H15F4N5O2/c1-11-12(10-29(28-11)15-5-2-13(21)3-6-15)9-25-19(30)26-14-4-7-17-16(8-14)27-18(31-17)20(22,23)24/h2-8,10H,9H2,1H3,(H2,25,26,30). The number of aromatic nitrogens is 3. The maximum atomic E-state index is 13.1. The molecule has 31 heavy (non-hydrogen) atoms. The van der Waals surface area contributed by atoms with E-state index in [1.807, 2.05) is 0 Å². The Morgan fingerprint density at radius 3 is 2.61 bits per heavy atom. The van der Waals surface area contributed by atoms with Crippen LogP contribution in [0.5, 0.6) is 0 Å². The van der Waals surface area contributed by atoms with E-state index < -0.39 is 18.1 Å². The lowest BCUT2D eigenvalue weighted by Gasteiger charge is -2.07. The van der Waals surface area contributed by atoms with Crippen LogP contribution < -0.4 is 10.6 Å². The van der Waals surface area contributed by atoms with E-state index in [4.69, 9.17) is 0 Å². The van der Waals surface area contributed by atoms with E-state index in [9.17, 15) is 22.4 Å². The number of hydrogen-bond donors (Lipinski definition) is 2. The Labute approximate surface area is 172 Å². The number of aryl methyl sites for hydroxylation is 1. The topological polar surface area (TPSA) is 85.0 Å². The van der Waals surface area contributed by atoms with E-state index in [2.05, 4.69) is 25.1 Å². The molecule has 7 nitrogen and oxygen atoms in total. The first kappa shape index (κ1) is 20.4. The summed E-state index contributed by atoms with van der Waals surface area (Å²) in [6.45, 7) is 1.93. The summed E-state index contributed by atoms with van der Waals surface area (Å²) in [6.07, 6.45) is -2.98. The number of carbonyl (C=O) groups excluding carboxylic acids is 1. The molecule has 0 aliphatic rings. The zero-order valence-electron chi connectivity index (χ0n) is 16.0. The summed E-state index contributed by atoms with van der Waals surface area (Å²) in [4.78, 5) is 15.6. The zero-order chi connectivity index (χ0) is 22.2. The fourth-order valence-corrected chi connectivity index (χ4v) is 2.87. The van der Waals surface area contributed by atoms with Crippen LogP contribution in [0.1, 0.15) is 17.1 Å². The van der Waals surface area contributed by atoms with Gasteiger partial charge in [0.2, 0.25) is 0 Å². The maximum absolute atomic E-state index is 13.1. The molecule has 0 aliphatic carbocycles. The summed E-state index contributed by atoms with van der Waals surface area (Å²) in [7, 11) is 0. The van der Waals surface area contributed by atoms with Crippen molar-refractivity contribution in [2.75, 3.05) is 5.32 Å². The van der Waals surface area contributed by atoms with E-state index in [-0.39, 0.29) is 29.1 Å². The minimum Gasteiger partial charge on any atom is -0.433 e. The number of benzene rings is 2. The van der Waals surface area contributed by atoms with Crippen LogP contribution in [-0.2, 0) is 12.7 Å². The second-order valence-corrected chi connectivity index (χ2v) is 6.67. The molecule has 2 aromatic heterocycles. The first-order valence-corrected chi connectivity index (χ1v) is 9.03. The number of amides is 2. The van der Waals surface area contributed by atoms with Gasteiger partial charge < -0.3 is 15.1 Å². The molecule has 2 amide bonds. The monoisotopic (exact) mass is 433 g/mol. The maximum Gasteiger partial charge on any atom is 0.468 e. The normalized spacial score (nSPS) is 11.6. The first-order valence-electron chi connectivity index (χ1n) is 9.03. The quantitative estimate of drug-likeness (QED) is 0.453. The number of oxazole rings is 1. The van der Waals surface area contributed by atoms with Crippen LogP contribution in [0.4, 0.5) is 28.0 Å². The number of nitrogens with one attached hydrogen (secondary N) is 2. The average molecular weight is 433 g/mol. The van der Waals surface area contributed by atoms with Crippen molar-refractivity contribution in [2.45, 2.75) is 19.6 Å². The molecular formula is C20H15F4N5O2. The molecule has 0 saturated carbocycles. The Kier molecular flexibility index (Phi) is 5.09. The Morgan fingerprint density at radius 1 is 1.16 bits per heavy atom. The SMILES string of the molecule is Cc1nn(-c2ccc(F)cc2)cc1CNC(=O)Nc1ccc2oc(C(F)(F)F)nc2c1. The molecule has 0 radical (unpaired) electrons. The van der Waals surface area contributed by atoms with Crippen molar-refractivity contribution in [3.63, 3.8) is 0 Å². The molecule has 2 heterocycles. The van der Waals surface area contributed by atoms with E-state index in [0.717, 1.165) is 5.56 Å². The van der Waals surface area contributed by atoms with Crippen molar-refractivity contribution in [1.29, 1.82) is 0 Å². The van der Waals surface area contributed by atoms with Crippen LogP contribution in [0.15, 0.2) is 53.1 Å². The number of alkyl halides is 3. The van der Waals surface area contributed by atoms with Gasteiger partial charge in [-0.2, -0.15) is 18.3 Å². The molecule has 160 valence electrons. The molecule has 11 heteroatoms. The summed E-state index contributed by atoms with van der Waals surface area (Å²) in [6, 6.07) is 9.22. The Hall–Kier alpha value is -3.89. The van der Waals surface area contributed by atoms with Gasteiger partial charge in [-0.25, -0.2) is 18.9 Å². The highest BCUT2D eigenvalue weighted by Crippen LogP contribution is 2.31. The van der Waals surface area contributed by atoms with Gasteiger partial charge in [0, 0.05) is 24.0 Å². The summed E-state index contributed by atoms with van der Waals surface area (Å²) in [5.74, 6) is -1.71. The van der Waals surface area contributed by atoms with E-state index in [1.54, 1.807) is 29.9 Å². The summed E-state index contributed by atoms with van der Waals surface area (Å²) in [5, 5.41) is 9.53. The highest BCUT2D eigenvalue weighted by molar-refractivity contribution is 5.91. The van der Waals surface area contributed by atoms with Crippen molar-refractivity contribution in [3.8, 4) is 5.69 Å². The van der Waals surface area contributed by atoms with Crippen LogP contribution in [0, 0.1) is 12.7 Å². The Balaban J connectivity index is 1.41. The van der Waals surface area contributed by atoms with E-state index >= 15 is 0 Å². The molecule has 4 rings (SSSR count). The highest BCUT2D eigenvalue weighted by Gasteiger charge is 2.37. The van der Waals surface area contributed by atoms with Gasteiger partial charge in [-0.1, -0.05) is 0 Å². The van der Waals surface area contributed by atoms with Gasteiger partial charge in [0.15, 0.2) is 5.58 Å². The van der Waals surface area contributed by atoms with Crippen LogP contribution in [0.2, 0.25) is 0 Å². The highest BCUT2D eigenvalue weighted by atomic mass is 19.4. The van der Waals surface area contributed by atoms with Crippen molar-refractivity contribution < 1.29 is 26.8 Å². The van der Waals surface area contributed by atoms with Crippen molar-refractivity contribution in [3.05, 3.63) is 71.6 Å². The third kappa shape index (κ3) is 4.49. The molecule has 4 aromatic rings. The number of fused-ring (bicyclic) bond motifs is 1. The van der Waals surface area contributed by atoms with Crippen LogP contribution in [-0.4, -0.2) is 20.8 Å². The van der Waals surface area contributed by atoms with Gasteiger partial charge in [0.25, 0.3) is 0 Å². The van der Waals surface area contributed by atoms with Crippen molar-refractivity contribution in [2.24, 2.45) is 0 Å². The number of urea groups is 1. The van der Waals surface area contributed by atoms with Crippen molar-refractivity contribution in [1.82, 2.24) is 20.1 Å². The van der Waals surface area contributed by atoms with E-state index in [1.165, 1.54) is 30.3 Å². The molecular weight excluding hydrogens is 418 g/mol. The van der Waals surface area contributed by atoms with Crippen LogP contribution >= 0.6 is 0 Å². The molecule has 0 fully saturated rings. The molecule has 0 spiro atoms. The van der Waals surface area contributed by atoms with Crippen LogP contribution in [0.3, 0.4) is 0 Å². The third-order valence-corrected chi connectivity index (χ3v) is 4.42. The zero-order valence-corrected chi connectivity index (χ0v) is 16.0. The molecule has 2 N–H and O–H groups in total. The van der Waals surface area contributed by atoms with Gasteiger partial charge in [-0.05, 0) is 49.4 Å². The lowest BCUT2D eigenvalue weighted by atomic mass is 10.2. The number of nitrogens with zero attached hydrogens (tertiary/aromatic N) is 3. The molecule has 0 aliphatic heterocycles. The lowest BCUT2D eigenvalue weighted by Crippen LogP contribution is -2.28. The first-order chi connectivity index (χ1) is 14.7. The fourth-order valence-electron chi connectivity index (χ4n) is 2.87. The number of anilines is 1. The largest absolute Gasteiger partial charge is 0.468 e. The van der Waals surface area contributed by atoms with Gasteiger partial charge in [-0.15, -0.1) is 0 Å². The van der Waals surface area contributed by atoms with E-state index in [0.29, 0.717) is 11.4 Å². The third-order valence-electron chi connectivity index (χ3n) is 4.42. The number of carbonyl (C=O) groups is 1.